The molecule has 0 aliphatic heterocycles. The van der Waals surface area contributed by atoms with Crippen LogP contribution in [-0.2, 0) is 0 Å². The molecule has 0 saturated carbocycles. The van der Waals surface area contributed by atoms with E-state index in [0.29, 0.717) is 0 Å². The lowest BCUT2D eigenvalue weighted by molar-refractivity contribution is 0.633. The van der Waals surface area contributed by atoms with Crippen molar-refractivity contribution in [3.8, 4) is 0 Å². The van der Waals surface area contributed by atoms with Gasteiger partial charge in [-0.15, -0.1) is 0 Å². The average molecular weight is 220 g/mol. The van der Waals surface area contributed by atoms with E-state index in [0.717, 1.165) is 5.92 Å². The van der Waals surface area contributed by atoms with Gasteiger partial charge in [0, 0.05) is 5.92 Å². The van der Waals surface area contributed by atoms with Crippen LogP contribution < -0.4 is 0 Å². The zero-order chi connectivity index (χ0) is 12.1. The molecule has 0 N–H and O–H groups in total. The molecule has 0 aromatic heterocycles. The molecule has 0 radical (unpaired) electrons. The van der Waals surface area contributed by atoms with E-state index in [9.17, 15) is 0 Å². The van der Waals surface area contributed by atoms with E-state index in [1.54, 1.807) is 22.3 Å². The van der Waals surface area contributed by atoms with Crippen molar-refractivity contribution < 1.29 is 0 Å². The van der Waals surface area contributed by atoms with Gasteiger partial charge in [-0.25, -0.2) is 0 Å². The van der Waals surface area contributed by atoms with Gasteiger partial charge in [-0.2, -0.15) is 0 Å². The Bertz CT molecular complexity index is 291. The zero-order valence-electron chi connectivity index (χ0n) is 11.8. The molecule has 0 spiro atoms. The van der Waals surface area contributed by atoms with E-state index in [1.165, 1.54) is 38.5 Å². The molecule has 0 nitrogen and oxygen atoms in total. The summed E-state index contributed by atoms with van der Waals surface area (Å²) in [5.74, 6) is 0.787. The van der Waals surface area contributed by atoms with Crippen LogP contribution in [-0.4, -0.2) is 0 Å². The Morgan fingerprint density at radius 3 is 1.69 bits per heavy atom. The SMILES string of the molecule is CCCC1=C(CC)C(CC)=C(CC)C1CC. The minimum Gasteiger partial charge on any atom is -0.0651 e. The van der Waals surface area contributed by atoms with Gasteiger partial charge < -0.3 is 0 Å². The van der Waals surface area contributed by atoms with Crippen LogP contribution in [0.1, 0.15) is 73.1 Å². The molecule has 1 aliphatic rings. The van der Waals surface area contributed by atoms with Crippen molar-refractivity contribution in [2.45, 2.75) is 73.1 Å². The van der Waals surface area contributed by atoms with Gasteiger partial charge in [0.15, 0.2) is 0 Å². The molecule has 0 heterocycles. The Morgan fingerprint density at radius 2 is 1.31 bits per heavy atom. The van der Waals surface area contributed by atoms with Crippen LogP contribution in [0.4, 0.5) is 0 Å². The summed E-state index contributed by atoms with van der Waals surface area (Å²) in [6.45, 7) is 11.6. The maximum atomic E-state index is 2.35. The number of rotatable bonds is 6. The molecule has 1 aliphatic carbocycles. The number of hydrogen-bond acceptors (Lipinski definition) is 0. The number of hydrogen-bond donors (Lipinski definition) is 0. The molecular formula is C16H28. The van der Waals surface area contributed by atoms with Crippen molar-refractivity contribution in [2.24, 2.45) is 5.92 Å². The highest BCUT2D eigenvalue weighted by molar-refractivity contribution is 5.49. The predicted molar refractivity (Wildman–Crippen MR) is 73.6 cm³/mol. The largest absolute Gasteiger partial charge is 0.0651 e. The fraction of sp³-hybridized carbons (Fsp3) is 0.750. The van der Waals surface area contributed by atoms with Gasteiger partial charge in [0.25, 0.3) is 0 Å². The Hall–Kier alpha value is -0.520. The third kappa shape index (κ3) is 2.26. The lowest BCUT2D eigenvalue weighted by Crippen LogP contribution is -2.03. The minimum atomic E-state index is 0.787. The third-order valence-electron chi connectivity index (χ3n) is 4.00. The minimum absolute atomic E-state index is 0.787. The fourth-order valence-electron chi connectivity index (χ4n) is 3.45. The van der Waals surface area contributed by atoms with Crippen molar-refractivity contribution in [1.82, 2.24) is 0 Å². The Balaban J connectivity index is 3.14. The molecule has 0 heteroatoms. The second kappa shape index (κ2) is 6.27. The first-order chi connectivity index (χ1) is 7.74. The van der Waals surface area contributed by atoms with Gasteiger partial charge in [-0.1, -0.05) is 52.2 Å². The lowest BCUT2D eigenvalue weighted by Gasteiger charge is -2.17. The first-order valence-corrected chi connectivity index (χ1v) is 7.19. The van der Waals surface area contributed by atoms with Gasteiger partial charge >= 0.3 is 0 Å². The highest BCUT2D eigenvalue weighted by Crippen LogP contribution is 2.45. The topological polar surface area (TPSA) is 0 Å². The molecule has 1 unspecified atom stereocenters. The molecule has 92 valence electrons. The summed E-state index contributed by atoms with van der Waals surface area (Å²) in [5, 5.41) is 0. The molecule has 0 aromatic rings. The van der Waals surface area contributed by atoms with Crippen LogP contribution in [0.25, 0.3) is 0 Å². The van der Waals surface area contributed by atoms with Crippen LogP contribution in [0, 0.1) is 5.92 Å². The molecule has 16 heavy (non-hydrogen) atoms. The van der Waals surface area contributed by atoms with Crippen LogP contribution in [0.2, 0.25) is 0 Å². The monoisotopic (exact) mass is 220 g/mol. The van der Waals surface area contributed by atoms with E-state index < -0.39 is 0 Å². The lowest BCUT2D eigenvalue weighted by atomic mass is 9.88. The molecule has 0 aromatic carbocycles. The average Bonchev–Trinajstić information content (AvgIpc) is 2.61. The molecule has 1 atom stereocenters. The number of allylic oxidation sites excluding steroid dienone is 4. The maximum absolute atomic E-state index is 2.35. The first-order valence-electron chi connectivity index (χ1n) is 7.19. The standard InChI is InChI=1S/C16H28/c1-6-11-16-14(9-4)12(7-2)13(8-3)15(16)10-5/h14H,6-11H2,1-5H3. The Labute approximate surface area is 102 Å². The Kier molecular flexibility index (Phi) is 5.31. The summed E-state index contributed by atoms with van der Waals surface area (Å²) < 4.78 is 0. The van der Waals surface area contributed by atoms with Gasteiger partial charge in [-0.3, -0.25) is 0 Å². The Morgan fingerprint density at radius 1 is 0.750 bits per heavy atom. The van der Waals surface area contributed by atoms with E-state index in [2.05, 4.69) is 34.6 Å². The van der Waals surface area contributed by atoms with E-state index in [4.69, 9.17) is 0 Å². The van der Waals surface area contributed by atoms with E-state index in [1.807, 2.05) is 0 Å². The van der Waals surface area contributed by atoms with Crippen molar-refractivity contribution in [1.29, 1.82) is 0 Å². The fourth-order valence-corrected chi connectivity index (χ4v) is 3.45. The second-order valence-corrected chi connectivity index (χ2v) is 4.78. The van der Waals surface area contributed by atoms with Gasteiger partial charge in [0.05, 0.1) is 0 Å². The summed E-state index contributed by atoms with van der Waals surface area (Å²) >= 11 is 0. The molecule has 1 rings (SSSR count). The molecule has 0 bridgehead atoms. The molecule has 0 amide bonds. The van der Waals surface area contributed by atoms with E-state index >= 15 is 0 Å². The van der Waals surface area contributed by atoms with Crippen LogP contribution in [0.3, 0.4) is 0 Å². The van der Waals surface area contributed by atoms with Gasteiger partial charge in [-0.05, 0) is 43.3 Å². The van der Waals surface area contributed by atoms with Crippen LogP contribution in [0.5, 0.6) is 0 Å². The highest BCUT2D eigenvalue weighted by Gasteiger charge is 2.28. The van der Waals surface area contributed by atoms with Crippen molar-refractivity contribution in [3.05, 3.63) is 22.3 Å². The molecule has 0 saturated heterocycles. The first kappa shape index (κ1) is 13.5. The van der Waals surface area contributed by atoms with Crippen molar-refractivity contribution >= 4 is 0 Å². The van der Waals surface area contributed by atoms with E-state index in [-0.39, 0.29) is 0 Å². The van der Waals surface area contributed by atoms with Gasteiger partial charge in [0.2, 0.25) is 0 Å². The highest BCUT2D eigenvalue weighted by atomic mass is 14.3. The van der Waals surface area contributed by atoms with Crippen molar-refractivity contribution in [2.75, 3.05) is 0 Å². The third-order valence-corrected chi connectivity index (χ3v) is 4.00. The van der Waals surface area contributed by atoms with Crippen LogP contribution >= 0.6 is 0 Å². The summed E-state index contributed by atoms with van der Waals surface area (Å²) in [6, 6.07) is 0. The second-order valence-electron chi connectivity index (χ2n) is 4.78. The quantitative estimate of drug-likeness (QED) is 0.542. The molecule has 0 fully saturated rings. The summed E-state index contributed by atoms with van der Waals surface area (Å²) in [7, 11) is 0. The molecular weight excluding hydrogens is 192 g/mol. The summed E-state index contributed by atoms with van der Waals surface area (Å²) in [5.41, 5.74) is 6.96. The normalized spacial score (nSPS) is 21.2. The van der Waals surface area contributed by atoms with Gasteiger partial charge in [0.1, 0.15) is 0 Å². The zero-order valence-corrected chi connectivity index (χ0v) is 11.8. The van der Waals surface area contributed by atoms with Crippen LogP contribution in [0.15, 0.2) is 22.3 Å². The van der Waals surface area contributed by atoms with Crippen molar-refractivity contribution in [3.63, 3.8) is 0 Å². The maximum Gasteiger partial charge on any atom is 0.00160 e. The summed E-state index contributed by atoms with van der Waals surface area (Å²) in [6.07, 6.45) is 7.62. The predicted octanol–water partition coefficient (Wildman–Crippen LogP) is 5.65. The smallest absolute Gasteiger partial charge is 0.00160 e. The summed E-state index contributed by atoms with van der Waals surface area (Å²) in [4.78, 5) is 0.